The molecule has 0 aliphatic carbocycles. The number of hydrogen-bond acceptors (Lipinski definition) is 4. The molecule has 1 aromatic rings. The van der Waals surface area contributed by atoms with Crippen LogP contribution in [-0.2, 0) is 4.79 Å². The summed E-state index contributed by atoms with van der Waals surface area (Å²) in [6.07, 6.45) is 3.42. The lowest BCUT2D eigenvalue weighted by Crippen LogP contribution is -2.44. The Morgan fingerprint density at radius 3 is 2.67 bits per heavy atom. The molecule has 1 heterocycles. The summed E-state index contributed by atoms with van der Waals surface area (Å²) in [5, 5.41) is 12.5. The molecule has 1 aromatic carbocycles. The average molecular weight is 326 g/mol. The summed E-state index contributed by atoms with van der Waals surface area (Å²) < 4.78 is 0. The number of piperidine rings is 1. The molecule has 24 heavy (non-hydrogen) atoms. The van der Waals surface area contributed by atoms with Gasteiger partial charge in [0.2, 0.25) is 0 Å². The van der Waals surface area contributed by atoms with E-state index in [0.29, 0.717) is 0 Å². The van der Waals surface area contributed by atoms with Gasteiger partial charge in [-0.2, -0.15) is 5.26 Å². The minimum absolute atomic E-state index is 0.136. The first-order valence-corrected chi connectivity index (χ1v) is 8.32. The van der Waals surface area contributed by atoms with E-state index in [1.807, 2.05) is 38.1 Å². The van der Waals surface area contributed by atoms with Crippen LogP contribution in [0.1, 0.15) is 24.0 Å². The minimum atomic E-state index is -0.218. The van der Waals surface area contributed by atoms with Gasteiger partial charge in [-0.15, -0.1) is 0 Å². The Labute approximate surface area is 144 Å². The van der Waals surface area contributed by atoms with Crippen LogP contribution < -0.4 is 5.32 Å². The zero-order chi connectivity index (χ0) is 17.7. The molecule has 0 radical (unpaired) electrons. The summed E-state index contributed by atoms with van der Waals surface area (Å²) in [7, 11) is 3.88. The molecule has 0 spiro atoms. The number of rotatable bonds is 4. The molecule has 1 N–H and O–H groups in total. The third-order valence-electron chi connectivity index (χ3n) is 4.88. The summed E-state index contributed by atoms with van der Waals surface area (Å²) in [6, 6.07) is 8.17. The van der Waals surface area contributed by atoms with Crippen molar-refractivity contribution in [1.29, 1.82) is 5.26 Å². The van der Waals surface area contributed by atoms with Crippen LogP contribution in [0.25, 0.3) is 0 Å². The second kappa shape index (κ2) is 7.98. The fourth-order valence-corrected chi connectivity index (χ4v) is 2.94. The van der Waals surface area contributed by atoms with Crippen LogP contribution in [0.15, 0.2) is 30.0 Å². The van der Waals surface area contributed by atoms with E-state index in [1.165, 1.54) is 11.8 Å². The maximum atomic E-state index is 12.6. The van der Waals surface area contributed by atoms with Crippen molar-refractivity contribution < 1.29 is 4.79 Å². The summed E-state index contributed by atoms with van der Waals surface area (Å²) >= 11 is 0. The first-order valence-electron chi connectivity index (χ1n) is 8.32. The molecule has 0 saturated carbocycles. The number of nitriles is 1. The zero-order valence-electron chi connectivity index (χ0n) is 15.0. The standard InChI is InChI=1S/C19H26N4O/c1-14-6-5-7-18(15(14)2)21-13-16(12-20)19(24)23(4)17-8-10-22(3)11-9-17/h5-7,13,17,21H,8-11H2,1-4H3/b16-13-. The van der Waals surface area contributed by atoms with Crippen LogP contribution in [0.2, 0.25) is 0 Å². The van der Waals surface area contributed by atoms with E-state index in [1.54, 1.807) is 11.9 Å². The number of carbonyl (C=O) groups is 1. The predicted octanol–water partition coefficient (Wildman–Crippen LogP) is 2.68. The molecule has 1 amide bonds. The maximum Gasteiger partial charge on any atom is 0.266 e. The molecule has 0 atom stereocenters. The highest BCUT2D eigenvalue weighted by Gasteiger charge is 2.25. The van der Waals surface area contributed by atoms with Crippen molar-refractivity contribution in [3.63, 3.8) is 0 Å². The molecule has 0 unspecified atom stereocenters. The zero-order valence-corrected chi connectivity index (χ0v) is 15.0. The van der Waals surface area contributed by atoms with Crippen molar-refractivity contribution in [3.8, 4) is 6.07 Å². The molecular formula is C19H26N4O. The Balaban J connectivity index is 2.08. The van der Waals surface area contributed by atoms with Crippen molar-refractivity contribution in [1.82, 2.24) is 9.80 Å². The van der Waals surface area contributed by atoms with Gasteiger partial charge in [-0.3, -0.25) is 4.79 Å². The van der Waals surface area contributed by atoms with Crippen molar-refractivity contribution in [3.05, 3.63) is 41.1 Å². The smallest absolute Gasteiger partial charge is 0.266 e. The Morgan fingerprint density at radius 2 is 2.04 bits per heavy atom. The molecule has 1 fully saturated rings. The van der Waals surface area contributed by atoms with E-state index in [9.17, 15) is 10.1 Å². The fourth-order valence-electron chi connectivity index (χ4n) is 2.94. The first kappa shape index (κ1) is 18.0. The molecule has 1 saturated heterocycles. The number of carbonyl (C=O) groups excluding carboxylic acids is 1. The van der Waals surface area contributed by atoms with E-state index in [2.05, 4.69) is 17.3 Å². The lowest BCUT2D eigenvalue weighted by atomic mass is 10.0. The maximum absolute atomic E-state index is 12.6. The highest BCUT2D eigenvalue weighted by Crippen LogP contribution is 2.19. The average Bonchev–Trinajstić information content (AvgIpc) is 2.58. The van der Waals surface area contributed by atoms with E-state index in [4.69, 9.17) is 0 Å². The normalized spacial score (nSPS) is 16.5. The SMILES string of the molecule is Cc1cccc(N/C=C(/C#N)C(=O)N(C)C2CCN(C)CC2)c1C. The van der Waals surface area contributed by atoms with E-state index in [-0.39, 0.29) is 17.5 Å². The van der Waals surface area contributed by atoms with Crippen molar-refractivity contribution in [2.75, 3.05) is 32.5 Å². The summed E-state index contributed by atoms with van der Waals surface area (Å²) in [6.45, 7) is 6.02. The van der Waals surface area contributed by atoms with E-state index >= 15 is 0 Å². The molecule has 1 aliphatic rings. The lowest BCUT2D eigenvalue weighted by molar-refractivity contribution is -0.128. The highest BCUT2D eigenvalue weighted by atomic mass is 16.2. The number of likely N-dealkylation sites (N-methyl/N-ethyl adjacent to an activating group) is 1. The van der Waals surface area contributed by atoms with Gasteiger partial charge in [0.15, 0.2) is 0 Å². The van der Waals surface area contributed by atoms with Gasteiger partial charge in [0, 0.05) is 25.0 Å². The molecule has 1 aliphatic heterocycles. The quantitative estimate of drug-likeness (QED) is 0.683. The summed E-state index contributed by atoms with van der Waals surface area (Å²) in [4.78, 5) is 16.6. The van der Waals surface area contributed by atoms with Gasteiger partial charge < -0.3 is 15.1 Å². The number of anilines is 1. The van der Waals surface area contributed by atoms with Crippen molar-refractivity contribution >= 4 is 11.6 Å². The number of aryl methyl sites for hydroxylation is 1. The molecule has 128 valence electrons. The lowest BCUT2D eigenvalue weighted by Gasteiger charge is -2.35. The van der Waals surface area contributed by atoms with Gasteiger partial charge in [-0.05, 0) is 64.0 Å². The van der Waals surface area contributed by atoms with Crippen LogP contribution in [0.3, 0.4) is 0 Å². The van der Waals surface area contributed by atoms with Gasteiger partial charge in [-0.1, -0.05) is 12.1 Å². The summed E-state index contributed by atoms with van der Waals surface area (Å²) in [5.74, 6) is -0.218. The van der Waals surface area contributed by atoms with Gasteiger partial charge >= 0.3 is 0 Å². The van der Waals surface area contributed by atoms with E-state index < -0.39 is 0 Å². The Bertz CT molecular complexity index is 666. The number of amides is 1. The molecule has 0 bridgehead atoms. The molecular weight excluding hydrogens is 300 g/mol. The highest BCUT2D eigenvalue weighted by molar-refractivity contribution is 5.97. The van der Waals surface area contributed by atoms with Gasteiger partial charge in [0.25, 0.3) is 5.91 Å². The number of benzene rings is 1. The number of hydrogen-bond donors (Lipinski definition) is 1. The monoisotopic (exact) mass is 326 g/mol. The van der Waals surface area contributed by atoms with Crippen LogP contribution >= 0.6 is 0 Å². The van der Waals surface area contributed by atoms with Crippen LogP contribution in [-0.4, -0.2) is 48.9 Å². The van der Waals surface area contributed by atoms with Crippen molar-refractivity contribution in [2.45, 2.75) is 32.7 Å². The number of nitrogens with zero attached hydrogens (tertiary/aromatic N) is 3. The first-order chi connectivity index (χ1) is 11.4. The van der Waals surface area contributed by atoms with E-state index in [0.717, 1.165) is 37.2 Å². The van der Waals surface area contributed by atoms with Gasteiger partial charge in [0.1, 0.15) is 11.6 Å². The molecule has 2 rings (SSSR count). The van der Waals surface area contributed by atoms with Crippen LogP contribution in [0, 0.1) is 25.2 Å². The van der Waals surface area contributed by atoms with Gasteiger partial charge in [0.05, 0.1) is 0 Å². The summed E-state index contributed by atoms with van der Waals surface area (Å²) in [5.41, 5.74) is 3.33. The van der Waals surface area contributed by atoms with Crippen LogP contribution in [0.4, 0.5) is 5.69 Å². The Hall–Kier alpha value is -2.32. The van der Waals surface area contributed by atoms with Crippen LogP contribution in [0.5, 0.6) is 0 Å². The second-order valence-corrected chi connectivity index (χ2v) is 6.51. The molecule has 5 nitrogen and oxygen atoms in total. The minimum Gasteiger partial charge on any atom is -0.360 e. The van der Waals surface area contributed by atoms with Gasteiger partial charge in [-0.25, -0.2) is 0 Å². The molecule has 0 aromatic heterocycles. The second-order valence-electron chi connectivity index (χ2n) is 6.51. The molecule has 5 heteroatoms. The third-order valence-corrected chi connectivity index (χ3v) is 4.88. The predicted molar refractivity (Wildman–Crippen MR) is 96.5 cm³/mol. The number of nitrogens with one attached hydrogen (secondary N) is 1. The Morgan fingerprint density at radius 1 is 1.38 bits per heavy atom. The topological polar surface area (TPSA) is 59.4 Å². The third kappa shape index (κ3) is 4.15. The van der Waals surface area contributed by atoms with Crippen molar-refractivity contribution in [2.24, 2.45) is 0 Å². The fraction of sp³-hybridized carbons (Fsp3) is 0.474. The Kier molecular flexibility index (Phi) is 5.99. The number of likely N-dealkylation sites (tertiary alicyclic amines) is 1. The largest absolute Gasteiger partial charge is 0.360 e.